The van der Waals surface area contributed by atoms with Gasteiger partial charge in [-0.25, -0.2) is 13.2 Å². The molecule has 200 valence electrons. The van der Waals surface area contributed by atoms with E-state index >= 15 is 0 Å². The maximum atomic E-state index is 13.2. The van der Waals surface area contributed by atoms with Gasteiger partial charge in [0.05, 0.1) is 23.1 Å². The molecule has 1 aromatic heterocycles. The van der Waals surface area contributed by atoms with Crippen molar-refractivity contribution in [1.29, 1.82) is 0 Å². The second-order valence-corrected chi connectivity index (χ2v) is 10.3. The molecular formula is C23H20F6N2O5S. The molecule has 4 rings (SSSR count). The van der Waals surface area contributed by atoms with Gasteiger partial charge in [0.15, 0.2) is 0 Å². The van der Waals surface area contributed by atoms with Gasteiger partial charge in [-0.15, -0.1) is 0 Å². The molecule has 0 amide bonds. The molecule has 1 aliphatic rings. The van der Waals surface area contributed by atoms with Gasteiger partial charge in [0.2, 0.25) is 10.0 Å². The lowest BCUT2D eigenvalue weighted by Gasteiger charge is -2.34. The normalized spacial score (nSPS) is 16.3. The second-order valence-electron chi connectivity index (χ2n) is 8.37. The van der Waals surface area contributed by atoms with Crippen LogP contribution in [-0.4, -0.2) is 50.9 Å². The van der Waals surface area contributed by atoms with Gasteiger partial charge in [-0.05, 0) is 35.9 Å². The van der Waals surface area contributed by atoms with E-state index in [1.165, 1.54) is 13.2 Å². The van der Waals surface area contributed by atoms with Gasteiger partial charge < -0.3 is 9.15 Å². The van der Waals surface area contributed by atoms with E-state index in [0.717, 1.165) is 4.31 Å². The van der Waals surface area contributed by atoms with Gasteiger partial charge in [0.1, 0.15) is 11.3 Å². The highest BCUT2D eigenvalue weighted by Gasteiger charge is 2.39. The third-order valence-corrected chi connectivity index (χ3v) is 7.84. The van der Waals surface area contributed by atoms with Gasteiger partial charge in [-0.2, -0.15) is 30.6 Å². The quantitative estimate of drug-likeness (QED) is 0.347. The van der Waals surface area contributed by atoms with E-state index in [2.05, 4.69) is 0 Å². The van der Waals surface area contributed by atoms with Crippen LogP contribution in [0.2, 0.25) is 0 Å². The van der Waals surface area contributed by atoms with Crippen molar-refractivity contribution >= 4 is 21.0 Å². The van der Waals surface area contributed by atoms with Gasteiger partial charge in [0.25, 0.3) is 0 Å². The van der Waals surface area contributed by atoms with Crippen LogP contribution in [0, 0.1) is 0 Å². The third kappa shape index (κ3) is 5.75. The fraction of sp³-hybridized carbons (Fsp3) is 0.348. The highest BCUT2D eigenvalue weighted by Crippen LogP contribution is 2.38. The molecule has 2 aromatic carbocycles. The number of rotatable bonds is 5. The number of halogens is 6. The summed E-state index contributed by atoms with van der Waals surface area (Å²) >= 11 is 0. The Morgan fingerprint density at radius 3 is 2.03 bits per heavy atom. The molecule has 2 heterocycles. The van der Waals surface area contributed by atoms with E-state index in [0.29, 0.717) is 22.3 Å². The summed E-state index contributed by atoms with van der Waals surface area (Å²) in [6, 6.07) is 6.54. The van der Waals surface area contributed by atoms with Crippen molar-refractivity contribution in [1.82, 2.24) is 9.21 Å². The molecule has 0 atom stereocenters. The van der Waals surface area contributed by atoms with Gasteiger partial charge in [-0.3, -0.25) is 4.90 Å². The summed E-state index contributed by atoms with van der Waals surface area (Å²) in [7, 11) is -3.19. The summed E-state index contributed by atoms with van der Waals surface area (Å²) in [4.78, 5) is 12.7. The van der Waals surface area contributed by atoms with E-state index in [1.54, 1.807) is 18.2 Å². The van der Waals surface area contributed by atoms with Gasteiger partial charge in [-0.1, -0.05) is 0 Å². The zero-order valence-corrected chi connectivity index (χ0v) is 20.0. The topological polar surface area (TPSA) is 80.1 Å². The molecule has 1 fully saturated rings. The van der Waals surface area contributed by atoms with E-state index in [1.807, 2.05) is 4.90 Å². The Morgan fingerprint density at radius 1 is 0.892 bits per heavy atom. The summed E-state index contributed by atoms with van der Waals surface area (Å²) < 4.78 is 116. The monoisotopic (exact) mass is 550 g/mol. The predicted molar refractivity (Wildman–Crippen MR) is 120 cm³/mol. The van der Waals surface area contributed by atoms with Crippen LogP contribution in [0.1, 0.15) is 16.7 Å². The Bertz CT molecular complexity index is 1440. The molecule has 7 nitrogen and oxygen atoms in total. The molecule has 0 unspecified atom stereocenters. The van der Waals surface area contributed by atoms with Crippen molar-refractivity contribution in [2.45, 2.75) is 23.8 Å². The van der Waals surface area contributed by atoms with Crippen LogP contribution >= 0.6 is 0 Å². The Hall–Kier alpha value is -3.10. The molecule has 14 heteroatoms. The Morgan fingerprint density at radius 2 is 1.49 bits per heavy atom. The molecule has 0 aliphatic carbocycles. The Kier molecular flexibility index (Phi) is 7.03. The van der Waals surface area contributed by atoms with Crippen LogP contribution in [0.5, 0.6) is 5.75 Å². The number of piperazine rings is 1. The van der Waals surface area contributed by atoms with Crippen molar-refractivity contribution < 1.29 is 43.9 Å². The summed E-state index contributed by atoms with van der Waals surface area (Å²) in [5, 5.41) is 0.638. The van der Waals surface area contributed by atoms with E-state index < -0.39 is 44.0 Å². The number of fused-ring (bicyclic) bond motifs is 1. The number of methoxy groups -OCH3 is 1. The van der Waals surface area contributed by atoms with Crippen molar-refractivity contribution in [2.75, 3.05) is 33.3 Å². The fourth-order valence-electron chi connectivity index (χ4n) is 4.06. The first kappa shape index (κ1) is 26.9. The summed E-state index contributed by atoms with van der Waals surface area (Å²) in [5.74, 6) is 0.481. The van der Waals surface area contributed by atoms with E-state index in [9.17, 15) is 39.6 Å². The molecule has 0 bridgehead atoms. The van der Waals surface area contributed by atoms with Crippen LogP contribution in [0.15, 0.2) is 56.6 Å². The zero-order valence-electron chi connectivity index (χ0n) is 19.2. The summed E-state index contributed by atoms with van der Waals surface area (Å²) in [5.41, 5.74) is -3.09. The van der Waals surface area contributed by atoms with Crippen LogP contribution in [0.3, 0.4) is 0 Å². The lowest BCUT2D eigenvalue weighted by atomic mass is 10.1. The van der Waals surface area contributed by atoms with Crippen molar-refractivity contribution in [2.24, 2.45) is 0 Å². The highest BCUT2D eigenvalue weighted by atomic mass is 32.2. The molecular weight excluding hydrogens is 530 g/mol. The van der Waals surface area contributed by atoms with Crippen molar-refractivity contribution in [3.8, 4) is 5.75 Å². The SMILES string of the molecule is COc1ccc2c(CN3CCN(S(=O)(=O)c4cc(C(F)(F)F)cc(C(F)(F)F)c4)CC3)cc(=O)oc2c1. The van der Waals surface area contributed by atoms with Gasteiger partial charge >= 0.3 is 18.0 Å². The number of hydrogen-bond donors (Lipinski definition) is 0. The van der Waals surface area contributed by atoms with Crippen molar-refractivity contribution in [3.63, 3.8) is 0 Å². The number of hydrogen-bond acceptors (Lipinski definition) is 6. The third-order valence-electron chi connectivity index (χ3n) is 5.96. The zero-order chi connectivity index (χ0) is 27.2. The van der Waals surface area contributed by atoms with E-state index in [-0.39, 0.29) is 50.9 Å². The van der Waals surface area contributed by atoms with Gasteiger partial charge in [0, 0.05) is 50.2 Å². The van der Waals surface area contributed by atoms with Crippen molar-refractivity contribution in [3.05, 3.63) is 69.6 Å². The first-order valence-electron chi connectivity index (χ1n) is 10.8. The summed E-state index contributed by atoms with van der Waals surface area (Å²) in [6.07, 6.45) is -10.3. The Labute approximate surface area is 206 Å². The first-order chi connectivity index (χ1) is 17.2. The minimum absolute atomic E-state index is 0.118. The number of alkyl halides is 6. The molecule has 1 aliphatic heterocycles. The second kappa shape index (κ2) is 9.65. The molecule has 3 aromatic rings. The maximum absolute atomic E-state index is 13.2. The van der Waals surface area contributed by atoms with Crippen LogP contribution < -0.4 is 10.4 Å². The minimum Gasteiger partial charge on any atom is -0.497 e. The number of nitrogens with zero attached hydrogens (tertiary/aromatic N) is 2. The smallest absolute Gasteiger partial charge is 0.416 e. The largest absolute Gasteiger partial charge is 0.497 e. The lowest BCUT2D eigenvalue weighted by Crippen LogP contribution is -2.48. The molecule has 0 N–H and O–H groups in total. The standard InChI is InChI=1S/C23H20F6N2O5S/c1-35-17-2-3-19-14(8-21(32)36-20(19)12-17)13-30-4-6-31(7-5-30)37(33,34)18-10-15(22(24,25)26)9-16(11-18)23(27,28)29/h2-3,8-12H,4-7,13H2,1H3. The van der Waals surface area contributed by atoms with Crippen LogP contribution in [0.4, 0.5) is 26.3 Å². The Balaban J connectivity index is 1.55. The molecule has 0 spiro atoms. The van der Waals surface area contributed by atoms with E-state index in [4.69, 9.17) is 9.15 Å². The number of benzene rings is 2. The average Bonchev–Trinajstić information content (AvgIpc) is 2.82. The molecule has 0 radical (unpaired) electrons. The molecule has 1 saturated heterocycles. The summed E-state index contributed by atoms with van der Waals surface area (Å²) in [6.45, 7) is 0.148. The first-order valence-corrected chi connectivity index (χ1v) is 12.3. The number of sulfonamides is 1. The number of ether oxygens (including phenoxy) is 1. The maximum Gasteiger partial charge on any atom is 0.416 e. The average molecular weight is 550 g/mol. The fourth-order valence-corrected chi connectivity index (χ4v) is 5.56. The van der Waals surface area contributed by atoms with Crippen LogP contribution in [0.25, 0.3) is 11.0 Å². The van der Waals surface area contributed by atoms with Crippen LogP contribution in [-0.2, 0) is 28.9 Å². The predicted octanol–water partition coefficient (Wildman–Crippen LogP) is 4.35. The lowest BCUT2D eigenvalue weighted by molar-refractivity contribution is -0.143. The minimum atomic E-state index is -5.17. The highest BCUT2D eigenvalue weighted by molar-refractivity contribution is 7.89. The molecule has 0 saturated carbocycles. The molecule has 37 heavy (non-hydrogen) atoms.